The van der Waals surface area contributed by atoms with E-state index < -0.39 is 7.14 Å². The molecule has 4 aromatic carbocycles. The van der Waals surface area contributed by atoms with E-state index in [-0.39, 0.29) is 0 Å². The van der Waals surface area contributed by atoms with E-state index in [2.05, 4.69) is 17.6 Å². The lowest BCUT2D eigenvalue weighted by molar-refractivity contribution is 0.592. The summed E-state index contributed by atoms with van der Waals surface area (Å²) in [5.74, 6) is 8.14. The molecule has 0 fully saturated rings. The van der Waals surface area contributed by atoms with Crippen molar-refractivity contribution in [2.75, 3.05) is 0 Å². The lowest BCUT2D eigenvalue weighted by Crippen LogP contribution is -2.13. The summed E-state index contributed by atoms with van der Waals surface area (Å²) in [6.45, 7) is 0. The molecular formula is C29H21OP. The lowest BCUT2D eigenvalue weighted by Gasteiger charge is -2.14. The Hall–Kier alpha value is -3.81. The predicted octanol–water partition coefficient (Wildman–Crippen LogP) is 6.23. The van der Waals surface area contributed by atoms with Gasteiger partial charge in [-0.05, 0) is 29.8 Å². The average molecular weight is 416 g/mol. The summed E-state index contributed by atoms with van der Waals surface area (Å²) in [5.41, 5.74) is 6.01. The molecule has 0 aliphatic rings. The second-order valence-electron chi connectivity index (χ2n) is 6.97. The standard InChI is InChI=1S/C29H21OP/c30-31(28-18-6-2-7-19-28,29-20-8-3-9-21-29)24-12-17-26-15-10-11-16-27(26)23-22-25-13-4-1-5-14-25/h1-11,13-21,24H. The molecule has 2 heteroatoms. The second-order valence-corrected chi connectivity index (χ2v) is 9.58. The smallest absolute Gasteiger partial charge is 0.171 e. The third kappa shape index (κ3) is 5.03. The third-order valence-electron chi connectivity index (χ3n) is 4.85. The van der Waals surface area contributed by atoms with Crippen LogP contribution in [0.15, 0.2) is 127 Å². The van der Waals surface area contributed by atoms with E-state index in [0.29, 0.717) is 0 Å². The van der Waals surface area contributed by atoms with E-state index in [4.69, 9.17) is 0 Å². The summed E-state index contributed by atoms with van der Waals surface area (Å²) >= 11 is 0. The Labute approximate surface area is 183 Å². The highest BCUT2D eigenvalue weighted by atomic mass is 31.2. The zero-order valence-corrected chi connectivity index (χ0v) is 17.9. The van der Waals surface area contributed by atoms with Gasteiger partial charge in [0.15, 0.2) is 7.14 Å². The van der Waals surface area contributed by atoms with Crippen molar-refractivity contribution in [1.29, 1.82) is 0 Å². The van der Waals surface area contributed by atoms with E-state index in [1.807, 2.05) is 121 Å². The van der Waals surface area contributed by atoms with Gasteiger partial charge in [0.25, 0.3) is 0 Å². The molecule has 0 aliphatic heterocycles. The molecule has 148 valence electrons. The molecule has 0 saturated heterocycles. The van der Waals surface area contributed by atoms with Crippen LogP contribution in [0.25, 0.3) is 6.08 Å². The van der Waals surface area contributed by atoms with Crippen molar-refractivity contribution in [3.05, 3.63) is 143 Å². The molecule has 0 saturated carbocycles. The lowest BCUT2D eigenvalue weighted by atomic mass is 10.1. The minimum atomic E-state index is -2.94. The van der Waals surface area contributed by atoms with Gasteiger partial charge in [0, 0.05) is 27.6 Å². The van der Waals surface area contributed by atoms with Gasteiger partial charge in [-0.1, -0.05) is 109 Å². The van der Waals surface area contributed by atoms with Gasteiger partial charge in [-0.25, -0.2) is 0 Å². The molecule has 4 rings (SSSR count). The molecule has 0 amide bonds. The van der Waals surface area contributed by atoms with Gasteiger partial charge >= 0.3 is 0 Å². The Bertz CT molecular complexity index is 1280. The molecule has 0 bridgehead atoms. The van der Waals surface area contributed by atoms with Crippen LogP contribution in [0.2, 0.25) is 0 Å². The Morgan fingerprint density at radius 3 is 1.71 bits per heavy atom. The minimum absolute atomic E-state index is 0.791. The minimum Gasteiger partial charge on any atom is -0.309 e. The molecule has 1 nitrogen and oxygen atoms in total. The zero-order valence-electron chi connectivity index (χ0n) is 17.0. The molecule has 0 aliphatic carbocycles. The average Bonchev–Trinajstić information content (AvgIpc) is 2.85. The maximum atomic E-state index is 14.0. The highest BCUT2D eigenvalue weighted by molar-refractivity contribution is 7.81. The van der Waals surface area contributed by atoms with Gasteiger partial charge < -0.3 is 4.57 Å². The van der Waals surface area contributed by atoms with Crippen LogP contribution in [0.4, 0.5) is 0 Å². The first-order valence-electron chi connectivity index (χ1n) is 10.1. The van der Waals surface area contributed by atoms with E-state index in [9.17, 15) is 4.57 Å². The van der Waals surface area contributed by atoms with Gasteiger partial charge in [-0.3, -0.25) is 0 Å². The summed E-state index contributed by atoms with van der Waals surface area (Å²) in [7, 11) is -2.94. The molecule has 4 aromatic rings. The van der Waals surface area contributed by atoms with Crippen LogP contribution < -0.4 is 10.6 Å². The molecule has 0 radical (unpaired) electrons. The highest BCUT2D eigenvalue weighted by Crippen LogP contribution is 2.44. The first-order chi connectivity index (χ1) is 15.3. The highest BCUT2D eigenvalue weighted by Gasteiger charge is 2.23. The monoisotopic (exact) mass is 416 g/mol. The molecule has 31 heavy (non-hydrogen) atoms. The van der Waals surface area contributed by atoms with Gasteiger partial charge in [0.05, 0.1) is 0 Å². The summed E-state index contributed by atoms with van der Waals surface area (Å²) in [6, 6.07) is 37.0. The summed E-state index contributed by atoms with van der Waals surface area (Å²) in [6.07, 6.45) is 1.85. The Morgan fingerprint density at radius 2 is 1.10 bits per heavy atom. The molecular weight excluding hydrogens is 395 g/mol. The topological polar surface area (TPSA) is 17.1 Å². The van der Waals surface area contributed by atoms with Gasteiger partial charge in [-0.15, -0.1) is 5.73 Å². The maximum absolute atomic E-state index is 14.0. The van der Waals surface area contributed by atoms with Crippen molar-refractivity contribution in [3.8, 4) is 11.8 Å². The molecule has 0 unspecified atom stereocenters. The molecule has 0 atom stereocenters. The van der Waals surface area contributed by atoms with Crippen LogP contribution >= 0.6 is 7.14 Å². The number of hydrogen-bond donors (Lipinski definition) is 0. The number of rotatable bonds is 4. The van der Waals surface area contributed by atoms with Crippen LogP contribution in [0.3, 0.4) is 0 Å². The van der Waals surface area contributed by atoms with Crippen molar-refractivity contribution in [3.63, 3.8) is 0 Å². The molecule has 0 spiro atoms. The van der Waals surface area contributed by atoms with Crippen molar-refractivity contribution >= 4 is 23.8 Å². The maximum Gasteiger partial charge on any atom is 0.171 e. The van der Waals surface area contributed by atoms with Crippen LogP contribution in [-0.4, -0.2) is 0 Å². The van der Waals surface area contributed by atoms with Gasteiger partial charge in [0.1, 0.15) is 0 Å². The fourth-order valence-corrected chi connectivity index (χ4v) is 5.34. The molecule has 0 N–H and O–H groups in total. The van der Waals surface area contributed by atoms with Crippen molar-refractivity contribution in [2.45, 2.75) is 0 Å². The summed E-state index contributed by atoms with van der Waals surface area (Å²) in [5, 5.41) is 1.58. The SMILES string of the molecule is O=P(C=C=Cc1ccccc1C#Cc1ccccc1)(c1ccccc1)c1ccccc1. The van der Waals surface area contributed by atoms with E-state index >= 15 is 0 Å². The van der Waals surface area contributed by atoms with E-state index in [1.165, 1.54) is 0 Å². The Balaban J connectivity index is 1.73. The molecule has 0 heterocycles. The quantitative estimate of drug-likeness (QED) is 0.219. The van der Waals surface area contributed by atoms with Crippen LogP contribution in [0.5, 0.6) is 0 Å². The molecule has 0 aromatic heterocycles. The summed E-state index contributed by atoms with van der Waals surface area (Å²) < 4.78 is 14.0. The van der Waals surface area contributed by atoms with Crippen LogP contribution in [0.1, 0.15) is 16.7 Å². The zero-order chi connectivity index (χ0) is 21.4. The third-order valence-corrected chi connectivity index (χ3v) is 7.49. The fourth-order valence-electron chi connectivity index (χ4n) is 3.23. The van der Waals surface area contributed by atoms with Crippen LogP contribution in [0, 0.1) is 11.8 Å². The van der Waals surface area contributed by atoms with Crippen molar-refractivity contribution < 1.29 is 4.57 Å². The number of benzene rings is 4. The van der Waals surface area contributed by atoms with Gasteiger partial charge in [-0.2, -0.15) is 0 Å². The Kier molecular flexibility index (Phi) is 6.47. The second kappa shape index (κ2) is 9.80. The normalized spacial score (nSPS) is 10.3. The largest absolute Gasteiger partial charge is 0.309 e. The summed E-state index contributed by atoms with van der Waals surface area (Å²) in [4.78, 5) is 0. The Morgan fingerprint density at radius 1 is 0.581 bits per heavy atom. The van der Waals surface area contributed by atoms with Crippen molar-refractivity contribution in [1.82, 2.24) is 0 Å². The number of hydrogen-bond acceptors (Lipinski definition) is 1. The van der Waals surface area contributed by atoms with E-state index in [1.54, 1.807) is 5.82 Å². The first kappa shape index (κ1) is 20.5. The van der Waals surface area contributed by atoms with E-state index in [0.717, 1.165) is 27.3 Å². The van der Waals surface area contributed by atoms with Crippen molar-refractivity contribution in [2.24, 2.45) is 0 Å². The fraction of sp³-hybridized carbons (Fsp3) is 0. The predicted molar refractivity (Wildman–Crippen MR) is 131 cm³/mol. The van der Waals surface area contributed by atoms with Gasteiger partial charge in [0.2, 0.25) is 0 Å². The first-order valence-corrected chi connectivity index (χ1v) is 11.8. The van der Waals surface area contributed by atoms with Crippen LogP contribution in [-0.2, 0) is 4.57 Å².